The smallest absolute Gasteiger partial charge is 0.317 e. The summed E-state index contributed by atoms with van der Waals surface area (Å²) >= 11 is 0. The Morgan fingerprint density at radius 2 is 2.00 bits per heavy atom. The van der Waals surface area contributed by atoms with E-state index in [0.717, 1.165) is 6.42 Å². The summed E-state index contributed by atoms with van der Waals surface area (Å²) in [4.78, 5) is 13.6. The van der Waals surface area contributed by atoms with Crippen molar-refractivity contribution in [2.75, 3.05) is 32.5 Å². The van der Waals surface area contributed by atoms with E-state index in [9.17, 15) is 13.2 Å². The van der Waals surface area contributed by atoms with Crippen LogP contribution in [0.4, 0.5) is 4.79 Å². The number of nitrogens with one attached hydrogen (secondary N) is 1. The fourth-order valence-electron chi connectivity index (χ4n) is 3.27. The number of ether oxygens (including phenoxy) is 1. The molecule has 1 aliphatic heterocycles. The van der Waals surface area contributed by atoms with E-state index in [4.69, 9.17) is 4.74 Å². The molecule has 0 radical (unpaired) electrons. The van der Waals surface area contributed by atoms with Gasteiger partial charge in [0, 0.05) is 25.9 Å². The van der Waals surface area contributed by atoms with Gasteiger partial charge in [0.2, 0.25) is 0 Å². The third-order valence-electron chi connectivity index (χ3n) is 4.78. The summed E-state index contributed by atoms with van der Waals surface area (Å²) in [6, 6.07) is -0.188. The topological polar surface area (TPSA) is 75.7 Å². The van der Waals surface area contributed by atoms with E-state index >= 15 is 0 Å². The third kappa shape index (κ3) is 4.84. The maximum Gasteiger partial charge on any atom is 0.317 e. The number of hydrogen-bond donors (Lipinski definition) is 1. The molecule has 0 aromatic carbocycles. The maximum absolute atomic E-state index is 12.0. The average Bonchev–Trinajstić information content (AvgIpc) is 2.95. The molecule has 7 heteroatoms. The second-order valence-electron chi connectivity index (χ2n) is 6.59. The minimum absolute atomic E-state index is 0.188. The van der Waals surface area contributed by atoms with E-state index in [0.29, 0.717) is 44.7 Å². The highest BCUT2D eigenvalue weighted by atomic mass is 32.2. The Morgan fingerprint density at radius 1 is 1.27 bits per heavy atom. The van der Waals surface area contributed by atoms with E-state index in [1.165, 1.54) is 25.5 Å². The van der Waals surface area contributed by atoms with E-state index in [-0.39, 0.29) is 6.03 Å². The highest BCUT2D eigenvalue weighted by Crippen LogP contribution is 2.26. The quantitative estimate of drug-likeness (QED) is 0.772. The van der Waals surface area contributed by atoms with Gasteiger partial charge >= 0.3 is 6.03 Å². The number of carbonyl (C=O) groups excluding carboxylic acids is 1. The van der Waals surface area contributed by atoms with Crippen molar-refractivity contribution in [1.29, 1.82) is 0 Å². The number of amides is 2. The van der Waals surface area contributed by atoms with Crippen molar-refractivity contribution in [2.45, 2.75) is 50.4 Å². The van der Waals surface area contributed by atoms with Crippen LogP contribution in [-0.4, -0.2) is 63.2 Å². The molecule has 2 rings (SSSR count). The molecular formula is C15H28N2O4S. The van der Waals surface area contributed by atoms with Crippen LogP contribution < -0.4 is 5.32 Å². The Hall–Kier alpha value is -0.820. The first-order chi connectivity index (χ1) is 10.4. The van der Waals surface area contributed by atoms with Crippen LogP contribution in [0.25, 0.3) is 0 Å². The predicted octanol–water partition coefficient (Wildman–Crippen LogP) is 1.41. The molecule has 2 amide bonds. The standard InChI is InChI=1S/C15H28N2O4S/c1-12-5-3-4-6-14(12)21-10-8-16-15(18)17-9-7-13(11-17)22(2,19)20/h12-14H,3-11H2,1-2H3,(H,16,18)/t12-,13+,14-/m1/s1. The first kappa shape index (κ1) is 17.5. The second kappa shape index (κ2) is 7.64. The van der Waals surface area contributed by atoms with Crippen molar-refractivity contribution < 1.29 is 17.9 Å². The van der Waals surface area contributed by atoms with Crippen molar-refractivity contribution in [3.8, 4) is 0 Å². The molecule has 0 bridgehead atoms. The monoisotopic (exact) mass is 332 g/mol. The molecule has 3 atom stereocenters. The van der Waals surface area contributed by atoms with Crippen LogP contribution in [0.3, 0.4) is 0 Å². The molecule has 0 unspecified atom stereocenters. The molecule has 2 aliphatic rings. The Bertz CT molecular complexity index is 480. The highest BCUT2D eigenvalue weighted by molar-refractivity contribution is 7.91. The van der Waals surface area contributed by atoms with Gasteiger partial charge in [0.25, 0.3) is 0 Å². The van der Waals surface area contributed by atoms with Crippen molar-refractivity contribution in [1.82, 2.24) is 10.2 Å². The van der Waals surface area contributed by atoms with Crippen molar-refractivity contribution in [3.63, 3.8) is 0 Å². The van der Waals surface area contributed by atoms with Gasteiger partial charge in [-0.15, -0.1) is 0 Å². The summed E-state index contributed by atoms with van der Waals surface area (Å²) in [5.74, 6) is 0.596. The van der Waals surface area contributed by atoms with Crippen molar-refractivity contribution in [2.24, 2.45) is 5.92 Å². The molecule has 1 heterocycles. The maximum atomic E-state index is 12.0. The highest BCUT2D eigenvalue weighted by Gasteiger charge is 2.32. The Balaban J connectivity index is 1.64. The number of nitrogens with zero attached hydrogens (tertiary/aromatic N) is 1. The van der Waals surface area contributed by atoms with Crippen LogP contribution in [0.15, 0.2) is 0 Å². The number of sulfone groups is 1. The zero-order valence-corrected chi connectivity index (χ0v) is 14.4. The van der Waals surface area contributed by atoms with E-state index < -0.39 is 15.1 Å². The van der Waals surface area contributed by atoms with Crippen LogP contribution in [0, 0.1) is 5.92 Å². The van der Waals surface area contributed by atoms with Gasteiger partial charge in [-0.2, -0.15) is 0 Å². The van der Waals surface area contributed by atoms with Gasteiger partial charge in [-0.25, -0.2) is 13.2 Å². The largest absolute Gasteiger partial charge is 0.376 e. The molecule has 1 N–H and O–H groups in total. The minimum atomic E-state index is -3.06. The summed E-state index contributed by atoms with van der Waals surface area (Å²) in [5, 5.41) is 2.40. The lowest BCUT2D eigenvalue weighted by atomic mass is 9.88. The summed E-state index contributed by atoms with van der Waals surface area (Å²) in [5.41, 5.74) is 0. The zero-order chi connectivity index (χ0) is 16.2. The summed E-state index contributed by atoms with van der Waals surface area (Å²) in [6.45, 7) is 4.01. The number of rotatable bonds is 5. The SMILES string of the molecule is C[C@@H]1CCCC[C@H]1OCCNC(=O)N1CC[C@H](S(C)(=O)=O)C1. The molecule has 2 fully saturated rings. The Morgan fingerprint density at radius 3 is 2.64 bits per heavy atom. The lowest BCUT2D eigenvalue weighted by Crippen LogP contribution is -2.41. The second-order valence-corrected chi connectivity index (χ2v) is 8.91. The van der Waals surface area contributed by atoms with Crippen LogP contribution in [0.5, 0.6) is 0 Å². The van der Waals surface area contributed by atoms with Gasteiger partial charge in [-0.05, 0) is 25.2 Å². The number of urea groups is 1. The van der Waals surface area contributed by atoms with Crippen LogP contribution in [0.2, 0.25) is 0 Å². The predicted molar refractivity (Wildman–Crippen MR) is 85.6 cm³/mol. The summed E-state index contributed by atoms with van der Waals surface area (Å²) < 4.78 is 28.8. The Labute approximate surface area is 133 Å². The van der Waals surface area contributed by atoms with Crippen LogP contribution >= 0.6 is 0 Å². The molecule has 1 saturated carbocycles. The van der Waals surface area contributed by atoms with E-state index in [1.54, 1.807) is 4.90 Å². The Kier molecular flexibility index (Phi) is 6.09. The van der Waals surface area contributed by atoms with Gasteiger partial charge in [-0.1, -0.05) is 19.8 Å². The average molecular weight is 332 g/mol. The van der Waals surface area contributed by atoms with Gasteiger partial charge in [0.05, 0.1) is 18.0 Å². The first-order valence-electron chi connectivity index (χ1n) is 8.21. The fourth-order valence-corrected chi connectivity index (χ4v) is 4.26. The molecule has 1 aliphatic carbocycles. The van der Waals surface area contributed by atoms with Gasteiger partial charge in [-0.3, -0.25) is 0 Å². The molecule has 0 aromatic heterocycles. The molecule has 6 nitrogen and oxygen atoms in total. The lowest BCUT2D eigenvalue weighted by Gasteiger charge is -2.28. The number of likely N-dealkylation sites (tertiary alicyclic amines) is 1. The molecule has 22 heavy (non-hydrogen) atoms. The molecular weight excluding hydrogens is 304 g/mol. The van der Waals surface area contributed by atoms with Crippen molar-refractivity contribution in [3.05, 3.63) is 0 Å². The molecule has 1 saturated heterocycles. The van der Waals surface area contributed by atoms with Gasteiger partial charge in [0.1, 0.15) is 0 Å². The molecule has 128 valence electrons. The van der Waals surface area contributed by atoms with Gasteiger partial charge in [0.15, 0.2) is 9.84 Å². The van der Waals surface area contributed by atoms with E-state index in [2.05, 4.69) is 12.2 Å². The van der Waals surface area contributed by atoms with Crippen LogP contribution in [0.1, 0.15) is 39.0 Å². The van der Waals surface area contributed by atoms with E-state index in [1.807, 2.05) is 0 Å². The fraction of sp³-hybridized carbons (Fsp3) is 0.933. The zero-order valence-electron chi connectivity index (χ0n) is 13.6. The summed E-state index contributed by atoms with van der Waals surface area (Å²) in [7, 11) is -3.06. The van der Waals surface area contributed by atoms with Gasteiger partial charge < -0.3 is 15.0 Å². The van der Waals surface area contributed by atoms with Crippen LogP contribution in [-0.2, 0) is 14.6 Å². The minimum Gasteiger partial charge on any atom is -0.376 e. The molecule has 0 aromatic rings. The number of carbonyl (C=O) groups is 1. The third-order valence-corrected chi connectivity index (χ3v) is 6.38. The number of hydrogen-bond acceptors (Lipinski definition) is 4. The van der Waals surface area contributed by atoms with Crippen molar-refractivity contribution >= 4 is 15.9 Å². The molecule has 0 spiro atoms. The summed E-state index contributed by atoms with van der Waals surface area (Å²) in [6.07, 6.45) is 6.92. The first-order valence-corrected chi connectivity index (χ1v) is 10.2. The lowest BCUT2D eigenvalue weighted by molar-refractivity contribution is -0.00266. The normalized spacial score (nSPS) is 29.5.